The Labute approximate surface area is 158 Å². The maximum Gasteiger partial charge on any atom is 0.310 e. The van der Waals surface area contributed by atoms with E-state index in [9.17, 15) is 14.9 Å². The molecular formula is C20H24N2O3S. The van der Waals surface area contributed by atoms with Crippen LogP contribution in [0.1, 0.15) is 61.5 Å². The van der Waals surface area contributed by atoms with Crippen LogP contribution in [-0.2, 0) is 27.2 Å². The largest absolute Gasteiger partial charge is 0.452 e. The van der Waals surface area contributed by atoms with Crippen LogP contribution in [0.5, 0.6) is 0 Å². The molecule has 1 N–H and O–H groups in total. The predicted octanol–water partition coefficient (Wildman–Crippen LogP) is 4.12. The SMILES string of the molecule is CC(OC(=O)C1CC=CCC1)C(=O)Nc1sc2c(c1C#N)CCCCC2. The third-order valence-corrected chi connectivity index (χ3v) is 6.24. The van der Waals surface area contributed by atoms with Crippen molar-refractivity contribution >= 4 is 28.2 Å². The summed E-state index contributed by atoms with van der Waals surface area (Å²) >= 11 is 1.49. The first kappa shape index (κ1) is 18.7. The fraction of sp³-hybridized carbons (Fsp3) is 0.550. The molecule has 0 saturated carbocycles. The average molecular weight is 372 g/mol. The highest BCUT2D eigenvalue weighted by Crippen LogP contribution is 2.37. The number of rotatable bonds is 4. The van der Waals surface area contributed by atoms with Gasteiger partial charge >= 0.3 is 5.97 Å². The fourth-order valence-electron chi connectivity index (χ4n) is 3.49. The Balaban J connectivity index is 1.65. The van der Waals surface area contributed by atoms with Gasteiger partial charge < -0.3 is 10.1 Å². The number of ether oxygens (including phenoxy) is 1. The number of thiophene rings is 1. The highest BCUT2D eigenvalue weighted by Gasteiger charge is 2.27. The van der Waals surface area contributed by atoms with E-state index < -0.39 is 6.10 Å². The Morgan fingerprint density at radius 3 is 2.85 bits per heavy atom. The van der Waals surface area contributed by atoms with E-state index >= 15 is 0 Å². The second-order valence-electron chi connectivity index (χ2n) is 6.93. The Kier molecular flexibility index (Phi) is 6.10. The van der Waals surface area contributed by atoms with Crippen LogP contribution in [0.15, 0.2) is 12.2 Å². The van der Waals surface area contributed by atoms with Gasteiger partial charge in [0.05, 0.1) is 11.5 Å². The summed E-state index contributed by atoms with van der Waals surface area (Å²) in [5.74, 6) is -0.861. The predicted molar refractivity (Wildman–Crippen MR) is 101 cm³/mol. The normalized spacial score (nSPS) is 20.4. The van der Waals surface area contributed by atoms with Crippen LogP contribution < -0.4 is 5.32 Å². The number of amides is 1. The second kappa shape index (κ2) is 8.50. The van der Waals surface area contributed by atoms with Gasteiger partial charge in [-0.3, -0.25) is 9.59 Å². The molecule has 26 heavy (non-hydrogen) atoms. The maximum atomic E-state index is 12.5. The van der Waals surface area contributed by atoms with Gasteiger partial charge in [0.15, 0.2) is 6.10 Å². The van der Waals surface area contributed by atoms with E-state index in [0.29, 0.717) is 17.0 Å². The van der Waals surface area contributed by atoms with Gasteiger partial charge in [-0.1, -0.05) is 18.6 Å². The van der Waals surface area contributed by atoms with Crippen LogP contribution in [0.4, 0.5) is 5.00 Å². The van der Waals surface area contributed by atoms with Crippen LogP contribution in [0.3, 0.4) is 0 Å². The average Bonchev–Trinajstić information content (AvgIpc) is 2.81. The van der Waals surface area contributed by atoms with Gasteiger partial charge in [-0.25, -0.2) is 0 Å². The lowest BCUT2D eigenvalue weighted by atomic mass is 9.95. The van der Waals surface area contributed by atoms with Crippen molar-refractivity contribution in [3.8, 4) is 6.07 Å². The first-order valence-electron chi connectivity index (χ1n) is 9.31. The summed E-state index contributed by atoms with van der Waals surface area (Å²) < 4.78 is 5.36. The van der Waals surface area contributed by atoms with E-state index in [2.05, 4.69) is 17.5 Å². The zero-order valence-corrected chi connectivity index (χ0v) is 15.9. The molecule has 0 saturated heterocycles. The van der Waals surface area contributed by atoms with Crippen molar-refractivity contribution in [2.45, 2.75) is 64.4 Å². The van der Waals surface area contributed by atoms with Crippen molar-refractivity contribution in [2.24, 2.45) is 5.92 Å². The van der Waals surface area contributed by atoms with Crippen LogP contribution >= 0.6 is 11.3 Å². The molecular weight excluding hydrogens is 348 g/mol. The lowest BCUT2D eigenvalue weighted by Gasteiger charge is -2.19. The molecule has 0 spiro atoms. The highest BCUT2D eigenvalue weighted by molar-refractivity contribution is 7.16. The van der Waals surface area contributed by atoms with Crippen molar-refractivity contribution in [3.63, 3.8) is 0 Å². The van der Waals surface area contributed by atoms with Crippen LogP contribution in [0, 0.1) is 17.2 Å². The van der Waals surface area contributed by atoms with E-state index in [1.807, 2.05) is 6.08 Å². The molecule has 6 heteroatoms. The summed E-state index contributed by atoms with van der Waals surface area (Å²) in [5, 5.41) is 12.9. The van der Waals surface area contributed by atoms with E-state index in [-0.39, 0.29) is 17.8 Å². The summed E-state index contributed by atoms with van der Waals surface area (Å²) in [6.07, 6.45) is 10.7. The molecule has 2 unspecified atom stereocenters. The van der Waals surface area contributed by atoms with Crippen LogP contribution in [-0.4, -0.2) is 18.0 Å². The Bertz CT molecular complexity index is 760. The molecule has 0 fully saturated rings. The number of esters is 1. The van der Waals surface area contributed by atoms with E-state index in [1.165, 1.54) is 22.6 Å². The monoisotopic (exact) mass is 372 g/mol. The molecule has 0 aliphatic heterocycles. The number of nitrogens with zero attached hydrogens (tertiary/aromatic N) is 1. The van der Waals surface area contributed by atoms with Crippen LogP contribution in [0.25, 0.3) is 0 Å². The zero-order chi connectivity index (χ0) is 18.5. The van der Waals surface area contributed by atoms with E-state index in [4.69, 9.17) is 4.74 Å². The quantitative estimate of drug-likeness (QED) is 0.490. The lowest BCUT2D eigenvalue weighted by molar-refractivity contribution is -0.157. The minimum Gasteiger partial charge on any atom is -0.452 e. The molecule has 1 aromatic heterocycles. The summed E-state index contributed by atoms with van der Waals surface area (Å²) in [4.78, 5) is 25.9. The zero-order valence-electron chi connectivity index (χ0n) is 15.0. The Hall–Kier alpha value is -2.13. The molecule has 1 heterocycles. The first-order chi connectivity index (χ1) is 12.6. The van der Waals surface area contributed by atoms with Crippen molar-refractivity contribution in [2.75, 3.05) is 5.32 Å². The van der Waals surface area contributed by atoms with Gasteiger partial charge in [0, 0.05) is 4.88 Å². The van der Waals surface area contributed by atoms with Crippen molar-refractivity contribution in [3.05, 3.63) is 28.2 Å². The van der Waals surface area contributed by atoms with Crippen LogP contribution in [0.2, 0.25) is 0 Å². The summed E-state index contributed by atoms with van der Waals surface area (Å²) in [6.45, 7) is 1.58. The third-order valence-electron chi connectivity index (χ3n) is 5.03. The number of nitriles is 1. The van der Waals surface area contributed by atoms with Crippen molar-refractivity contribution in [1.82, 2.24) is 0 Å². The third kappa shape index (κ3) is 4.16. The lowest BCUT2D eigenvalue weighted by Crippen LogP contribution is -2.32. The molecule has 2 aliphatic rings. The number of allylic oxidation sites excluding steroid dienone is 2. The van der Waals surface area contributed by atoms with Gasteiger partial charge in [0.1, 0.15) is 11.1 Å². The first-order valence-corrected chi connectivity index (χ1v) is 10.1. The fourth-order valence-corrected chi connectivity index (χ4v) is 4.74. The smallest absolute Gasteiger partial charge is 0.310 e. The van der Waals surface area contributed by atoms with E-state index in [0.717, 1.165) is 44.1 Å². The molecule has 0 aromatic carbocycles. The topological polar surface area (TPSA) is 79.2 Å². The number of carbonyl (C=O) groups is 2. The summed E-state index contributed by atoms with van der Waals surface area (Å²) in [5.41, 5.74) is 1.67. The molecule has 1 amide bonds. The van der Waals surface area contributed by atoms with Gasteiger partial charge in [0.25, 0.3) is 5.91 Å². The van der Waals surface area contributed by atoms with Gasteiger partial charge in [-0.15, -0.1) is 11.3 Å². The number of aryl methyl sites for hydroxylation is 1. The number of anilines is 1. The van der Waals surface area contributed by atoms with E-state index in [1.54, 1.807) is 6.92 Å². The molecule has 0 bridgehead atoms. The number of fused-ring (bicyclic) bond motifs is 1. The number of hydrogen-bond donors (Lipinski definition) is 1. The number of hydrogen-bond acceptors (Lipinski definition) is 5. The molecule has 5 nitrogen and oxygen atoms in total. The highest BCUT2D eigenvalue weighted by atomic mass is 32.1. The van der Waals surface area contributed by atoms with Gasteiger partial charge in [0.2, 0.25) is 0 Å². The Morgan fingerprint density at radius 2 is 2.12 bits per heavy atom. The second-order valence-corrected chi connectivity index (χ2v) is 8.04. The molecule has 2 atom stereocenters. The minimum atomic E-state index is -0.873. The van der Waals surface area contributed by atoms with Gasteiger partial charge in [-0.2, -0.15) is 5.26 Å². The standard InChI is InChI=1S/C20H24N2O3S/c1-13(25-20(24)14-8-4-2-5-9-14)18(23)22-19-16(12-21)15-10-6-3-7-11-17(15)26-19/h2,4,13-14H,3,5-11H2,1H3,(H,22,23). The minimum absolute atomic E-state index is 0.164. The molecule has 2 aliphatic carbocycles. The summed E-state index contributed by atoms with van der Waals surface area (Å²) in [7, 11) is 0. The van der Waals surface area contributed by atoms with Crippen molar-refractivity contribution < 1.29 is 14.3 Å². The molecule has 138 valence electrons. The van der Waals surface area contributed by atoms with Crippen molar-refractivity contribution in [1.29, 1.82) is 5.26 Å². The molecule has 1 aromatic rings. The Morgan fingerprint density at radius 1 is 1.31 bits per heavy atom. The summed E-state index contributed by atoms with van der Waals surface area (Å²) in [6, 6.07) is 2.25. The number of carbonyl (C=O) groups excluding carboxylic acids is 2. The molecule has 3 rings (SSSR count). The molecule has 0 radical (unpaired) electrons. The number of nitrogens with one attached hydrogen (secondary N) is 1. The van der Waals surface area contributed by atoms with Gasteiger partial charge in [-0.05, 0) is 57.4 Å². The maximum absolute atomic E-state index is 12.5.